The zero-order valence-electron chi connectivity index (χ0n) is 21.2. The predicted molar refractivity (Wildman–Crippen MR) is 142 cm³/mol. The number of carbonyl (C=O) groups excluding carboxylic acids is 1. The number of nitrogens with one attached hydrogen (secondary N) is 1. The molecule has 8 heteroatoms. The summed E-state index contributed by atoms with van der Waals surface area (Å²) in [6.45, 7) is 2.82. The third-order valence-corrected chi connectivity index (χ3v) is 8.46. The molecular formula is C29H33FN6O. The second-order valence-corrected chi connectivity index (χ2v) is 10.5. The Morgan fingerprint density at radius 1 is 1.00 bits per heavy atom. The Kier molecular flexibility index (Phi) is 6.49. The maximum atomic E-state index is 14.2. The highest BCUT2D eigenvalue weighted by molar-refractivity contribution is 5.92. The lowest BCUT2D eigenvalue weighted by molar-refractivity contribution is 0.0958. The van der Waals surface area contributed by atoms with Crippen molar-refractivity contribution in [1.82, 2.24) is 20.5 Å². The summed E-state index contributed by atoms with van der Waals surface area (Å²) in [7, 11) is 1.59. The first-order valence-corrected chi connectivity index (χ1v) is 13.4. The highest BCUT2D eigenvalue weighted by Crippen LogP contribution is 2.47. The van der Waals surface area contributed by atoms with Crippen LogP contribution in [-0.4, -0.2) is 53.8 Å². The summed E-state index contributed by atoms with van der Waals surface area (Å²) in [5.74, 6) is 1.79. The first-order valence-electron chi connectivity index (χ1n) is 13.4. The predicted octanol–water partition coefficient (Wildman–Crippen LogP) is 4.80. The maximum absolute atomic E-state index is 14.2. The van der Waals surface area contributed by atoms with Gasteiger partial charge in [0.05, 0.1) is 5.69 Å². The lowest BCUT2D eigenvalue weighted by atomic mass is 9.86. The zero-order chi connectivity index (χ0) is 25.4. The van der Waals surface area contributed by atoms with Crippen LogP contribution in [0, 0.1) is 11.7 Å². The molecule has 7 nitrogen and oxygen atoms in total. The summed E-state index contributed by atoms with van der Waals surface area (Å²) in [6, 6.07) is 13.3. The standard InChI is InChI=1S/C29H33FN6O/c1-31-29(37)26-9-6-20(17-32-26)25-10-11-28(34-33-25)35-14-12-22(13-15-35)36-18-24(19-4-2-3-5-19)23-8-7-21(30)16-27(23)36/h6-11,16-17,19,22,24H,2-5,12-15,18H2,1H3,(H,31,37). The molecule has 1 amide bonds. The number of rotatable bonds is 5. The fraction of sp³-hybridized carbons (Fsp3) is 0.448. The summed E-state index contributed by atoms with van der Waals surface area (Å²) in [5.41, 5.74) is 4.40. The first kappa shape index (κ1) is 23.8. The van der Waals surface area contributed by atoms with Gasteiger partial charge < -0.3 is 15.1 Å². The van der Waals surface area contributed by atoms with Gasteiger partial charge in [-0.25, -0.2) is 4.39 Å². The Balaban J connectivity index is 1.11. The second-order valence-electron chi connectivity index (χ2n) is 10.5. The van der Waals surface area contributed by atoms with Crippen LogP contribution in [0.1, 0.15) is 60.5 Å². The zero-order valence-corrected chi connectivity index (χ0v) is 21.2. The van der Waals surface area contributed by atoms with E-state index in [-0.39, 0.29) is 11.7 Å². The summed E-state index contributed by atoms with van der Waals surface area (Å²) >= 11 is 0. The molecule has 37 heavy (non-hydrogen) atoms. The van der Waals surface area contributed by atoms with E-state index < -0.39 is 0 Å². The Morgan fingerprint density at radius 3 is 2.49 bits per heavy atom. The van der Waals surface area contributed by atoms with Crippen LogP contribution in [0.15, 0.2) is 48.7 Å². The highest BCUT2D eigenvalue weighted by atomic mass is 19.1. The third kappa shape index (κ3) is 4.65. The van der Waals surface area contributed by atoms with Crippen LogP contribution >= 0.6 is 0 Å². The van der Waals surface area contributed by atoms with E-state index in [4.69, 9.17) is 0 Å². The van der Waals surface area contributed by atoms with Gasteiger partial charge in [-0.3, -0.25) is 9.78 Å². The molecular weight excluding hydrogens is 467 g/mol. The van der Waals surface area contributed by atoms with E-state index in [0.717, 1.165) is 61.2 Å². The van der Waals surface area contributed by atoms with Crippen LogP contribution in [0.4, 0.5) is 15.9 Å². The average molecular weight is 501 g/mol. The number of piperidine rings is 1. The maximum Gasteiger partial charge on any atom is 0.269 e. The van der Waals surface area contributed by atoms with E-state index in [1.54, 1.807) is 31.4 Å². The Bertz CT molecular complexity index is 1250. The van der Waals surface area contributed by atoms with Gasteiger partial charge in [-0.05, 0) is 73.6 Å². The van der Waals surface area contributed by atoms with E-state index in [1.807, 2.05) is 24.3 Å². The van der Waals surface area contributed by atoms with Crippen LogP contribution < -0.4 is 15.1 Å². The summed E-state index contributed by atoms with van der Waals surface area (Å²) in [5, 5.41) is 11.5. The van der Waals surface area contributed by atoms with Crippen LogP contribution in [-0.2, 0) is 0 Å². The van der Waals surface area contributed by atoms with Crippen molar-refractivity contribution in [3.63, 3.8) is 0 Å². The molecule has 1 saturated heterocycles. The number of aromatic nitrogens is 3. The van der Waals surface area contributed by atoms with Crippen molar-refractivity contribution in [2.45, 2.75) is 50.5 Å². The number of amides is 1. The third-order valence-electron chi connectivity index (χ3n) is 8.46. The molecule has 4 heterocycles. The molecule has 1 aromatic carbocycles. The molecule has 2 aromatic heterocycles. The number of halogens is 1. The molecule has 6 rings (SSSR count). The van der Waals surface area contributed by atoms with Crippen molar-refractivity contribution >= 4 is 17.4 Å². The number of hydrogen-bond donors (Lipinski definition) is 1. The van der Waals surface area contributed by atoms with Gasteiger partial charge in [-0.2, -0.15) is 0 Å². The van der Waals surface area contributed by atoms with Crippen LogP contribution in [0.25, 0.3) is 11.3 Å². The SMILES string of the molecule is CNC(=O)c1ccc(-c2ccc(N3CCC(N4CC(C5CCCC5)c5ccc(F)cc54)CC3)nn2)cn1. The van der Waals surface area contributed by atoms with E-state index >= 15 is 0 Å². The molecule has 192 valence electrons. The molecule has 1 unspecified atom stereocenters. The summed E-state index contributed by atoms with van der Waals surface area (Å²) in [6.07, 6.45) is 8.94. The Morgan fingerprint density at radius 2 is 1.81 bits per heavy atom. The molecule has 2 fully saturated rings. The van der Waals surface area contributed by atoms with Gasteiger partial charge in [0.2, 0.25) is 0 Å². The minimum Gasteiger partial charge on any atom is -0.367 e. The minimum atomic E-state index is -0.215. The normalized spacial score (nSPS) is 20.3. The van der Waals surface area contributed by atoms with E-state index in [9.17, 15) is 9.18 Å². The van der Waals surface area contributed by atoms with Crippen LogP contribution in [0.2, 0.25) is 0 Å². The lowest BCUT2D eigenvalue weighted by Crippen LogP contribution is -2.45. The van der Waals surface area contributed by atoms with Gasteiger partial charge in [0.25, 0.3) is 5.91 Å². The molecule has 0 radical (unpaired) electrons. The summed E-state index contributed by atoms with van der Waals surface area (Å²) < 4.78 is 14.2. The van der Waals surface area contributed by atoms with Gasteiger partial charge in [-0.1, -0.05) is 18.9 Å². The van der Waals surface area contributed by atoms with Gasteiger partial charge >= 0.3 is 0 Å². The Labute approximate surface area is 217 Å². The van der Waals surface area contributed by atoms with E-state index in [1.165, 1.54) is 31.2 Å². The molecule has 1 saturated carbocycles. The number of anilines is 2. The van der Waals surface area contributed by atoms with Gasteiger partial charge in [0.1, 0.15) is 11.5 Å². The van der Waals surface area contributed by atoms with Crippen LogP contribution in [0.3, 0.4) is 0 Å². The van der Waals surface area contributed by atoms with E-state index in [2.05, 4.69) is 30.3 Å². The van der Waals surface area contributed by atoms with Gasteiger partial charge in [-0.15, -0.1) is 10.2 Å². The molecule has 3 aliphatic rings. The van der Waals surface area contributed by atoms with Crippen molar-refractivity contribution in [2.75, 3.05) is 36.5 Å². The number of nitrogens with zero attached hydrogens (tertiary/aromatic N) is 5. The molecule has 2 aliphatic heterocycles. The number of pyridine rings is 1. The monoisotopic (exact) mass is 500 g/mol. The molecule has 1 N–H and O–H groups in total. The highest BCUT2D eigenvalue weighted by Gasteiger charge is 2.39. The van der Waals surface area contributed by atoms with Crippen molar-refractivity contribution in [3.05, 3.63) is 65.7 Å². The summed E-state index contributed by atoms with van der Waals surface area (Å²) in [4.78, 5) is 20.7. The van der Waals surface area contributed by atoms with E-state index in [0.29, 0.717) is 17.7 Å². The number of hydrogen-bond acceptors (Lipinski definition) is 6. The largest absolute Gasteiger partial charge is 0.367 e. The molecule has 0 bridgehead atoms. The number of benzene rings is 1. The van der Waals surface area contributed by atoms with Crippen molar-refractivity contribution < 1.29 is 9.18 Å². The number of carbonyl (C=O) groups is 1. The second kappa shape index (κ2) is 10.1. The van der Waals surface area contributed by atoms with Crippen molar-refractivity contribution in [1.29, 1.82) is 0 Å². The van der Waals surface area contributed by atoms with Crippen LogP contribution in [0.5, 0.6) is 0 Å². The molecule has 1 aliphatic carbocycles. The quantitative estimate of drug-likeness (QED) is 0.543. The van der Waals surface area contributed by atoms with Gasteiger partial charge in [0, 0.05) is 56.1 Å². The topological polar surface area (TPSA) is 74.2 Å². The minimum absolute atomic E-state index is 0.137. The first-order chi connectivity index (χ1) is 18.1. The van der Waals surface area contributed by atoms with Crippen molar-refractivity contribution in [2.24, 2.45) is 5.92 Å². The molecule has 1 atom stereocenters. The average Bonchev–Trinajstić information content (AvgIpc) is 3.61. The lowest BCUT2D eigenvalue weighted by Gasteiger charge is -2.38. The smallest absolute Gasteiger partial charge is 0.269 e. The number of fused-ring (bicyclic) bond motifs is 1. The Hall–Kier alpha value is -3.55. The fourth-order valence-electron chi connectivity index (χ4n) is 6.46. The molecule has 3 aromatic rings. The fourth-order valence-corrected chi connectivity index (χ4v) is 6.46. The van der Waals surface area contributed by atoms with Gasteiger partial charge in [0.15, 0.2) is 5.82 Å². The van der Waals surface area contributed by atoms with Crippen molar-refractivity contribution in [3.8, 4) is 11.3 Å². The molecule has 0 spiro atoms.